The number of nitrogens with zero attached hydrogens (tertiary/aromatic N) is 3. The van der Waals surface area contributed by atoms with Crippen molar-refractivity contribution < 1.29 is 9.18 Å². The Kier molecular flexibility index (Phi) is 5.89. The molecule has 1 saturated heterocycles. The number of piperazine rings is 1. The second-order valence-corrected chi connectivity index (χ2v) is 8.60. The summed E-state index contributed by atoms with van der Waals surface area (Å²) >= 11 is 5.22. The van der Waals surface area contributed by atoms with Gasteiger partial charge in [0.2, 0.25) is 0 Å². The fraction of sp³-hybridized carbons (Fsp3) is 0.300. The summed E-state index contributed by atoms with van der Waals surface area (Å²) in [7, 11) is 0. The number of thiazole rings is 1. The molecule has 1 amide bonds. The van der Waals surface area contributed by atoms with Crippen LogP contribution < -0.4 is 10.2 Å². The molecule has 0 atom stereocenters. The van der Waals surface area contributed by atoms with Crippen molar-refractivity contribution in [2.75, 3.05) is 44.2 Å². The van der Waals surface area contributed by atoms with Crippen molar-refractivity contribution in [3.05, 3.63) is 58.3 Å². The van der Waals surface area contributed by atoms with E-state index in [2.05, 4.69) is 37.1 Å². The lowest BCUT2D eigenvalue weighted by Gasteiger charge is -2.34. The number of benzene rings is 2. The maximum atomic E-state index is 13.6. The number of anilines is 1. The number of halogens is 2. The van der Waals surface area contributed by atoms with Crippen molar-refractivity contribution >= 4 is 48.5 Å². The fourth-order valence-electron chi connectivity index (χ4n) is 3.25. The average Bonchev–Trinajstić information content (AvgIpc) is 3.12. The zero-order valence-electron chi connectivity index (χ0n) is 15.2. The van der Waals surface area contributed by atoms with Crippen LogP contribution in [0, 0.1) is 5.82 Å². The van der Waals surface area contributed by atoms with Crippen molar-refractivity contribution in [1.29, 1.82) is 0 Å². The molecule has 0 aliphatic carbocycles. The highest BCUT2D eigenvalue weighted by Crippen LogP contribution is 2.31. The van der Waals surface area contributed by atoms with E-state index in [4.69, 9.17) is 4.98 Å². The lowest BCUT2D eigenvalue weighted by atomic mass is 10.2. The molecule has 3 aromatic rings. The highest BCUT2D eigenvalue weighted by molar-refractivity contribution is 9.10. The Bertz CT molecular complexity index is 987. The predicted octanol–water partition coefficient (Wildman–Crippen LogP) is 3.75. The quantitative estimate of drug-likeness (QED) is 0.627. The second-order valence-electron chi connectivity index (χ2n) is 6.67. The van der Waals surface area contributed by atoms with Gasteiger partial charge in [0.15, 0.2) is 5.13 Å². The Morgan fingerprint density at radius 1 is 1.18 bits per heavy atom. The molecular formula is C20H20BrFN4OS. The molecule has 0 radical (unpaired) electrons. The van der Waals surface area contributed by atoms with Gasteiger partial charge in [0.1, 0.15) is 5.82 Å². The van der Waals surface area contributed by atoms with Crippen LogP contribution in [0.1, 0.15) is 10.4 Å². The van der Waals surface area contributed by atoms with Crippen LogP contribution >= 0.6 is 27.3 Å². The van der Waals surface area contributed by atoms with Crippen LogP contribution in [-0.4, -0.2) is 55.1 Å². The summed E-state index contributed by atoms with van der Waals surface area (Å²) in [5.41, 5.74) is 1.12. The summed E-state index contributed by atoms with van der Waals surface area (Å²) in [6, 6.07) is 12.2. The number of nitrogens with one attached hydrogen (secondary N) is 1. The zero-order valence-corrected chi connectivity index (χ0v) is 17.6. The van der Waals surface area contributed by atoms with E-state index in [1.54, 1.807) is 23.5 Å². The number of rotatable bonds is 5. The van der Waals surface area contributed by atoms with Gasteiger partial charge in [-0.15, -0.1) is 0 Å². The SMILES string of the molecule is O=C(NCCN1CCN(c2nc3ccc(Br)cc3s2)CC1)c1ccccc1F. The van der Waals surface area contributed by atoms with Gasteiger partial charge in [-0.25, -0.2) is 9.37 Å². The molecule has 1 aromatic heterocycles. The zero-order chi connectivity index (χ0) is 19.5. The number of hydrogen-bond acceptors (Lipinski definition) is 5. The standard InChI is InChI=1S/C20H20BrFN4OS/c21-14-5-6-17-18(13-14)28-20(24-17)26-11-9-25(10-12-26)8-7-23-19(27)15-3-1-2-4-16(15)22/h1-6,13H,7-12H2,(H,23,27). The van der Waals surface area contributed by atoms with Crippen molar-refractivity contribution in [2.45, 2.75) is 0 Å². The molecule has 1 fully saturated rings. The van der Waals surface area contributed by atoms with Gasteiger partial charge in [-0.2, -0.15) is 0 Å². The van der Waals surface area contributed by atoms with Crippen LogP contribution in [0.2, 0.25) is 0 Å². The van der Waals surface area contributed by atoms with Crippen molar-refractivity contribution in [1.82, 2.24) is 15.2 Å². The van der Waals surface area contributed by atoms with Crippen LogP contribution in [0.25, 0.3) is 10.2 Å². The summed E-state index contributed by atoms with van der Waals surface area (Å²) in [6.45, 7) is 4.89. The van der Waals surface area contributed by atoms with Gasteiger partial charge in [0.05, 0.1) is 15.8 Å². The number of aromatic nitrogens is 1. The molecule has 2 heterocycles. The Morgan fingerprint density at radius 3 is 2.75 bits per heavy atom. The van der Waals surface area contributed by atoms with Crippen LogP contribution in [0.4, 0.5) is 9.52 Å². The monoisotopic (exact) mass is 462 g/mol. The van der Waals surface area contributed by atoms with E-state index in [9.17, 15) is 9.18 Å². The molecule has 0 spiro atoms. The number of hydrogen-bond donors (Lipinski definition) is 1. The molecule has 28 heavy (non-hydrogen) atoms. The third kappa shape index (κ3) is 4.34. The molecule has 146 valence electrons. The maximum Gasteiger partial charge on any atom is 0.254 e. The molecule has 0 saturated carbocycles. The third-order valence-corrected chi connectivity index (χ3v) is 6.39. The van der Waals surface area contributed by atoms with Gasteiger partial charge in [0.25, 0.3) is 5.91 Å². The summed E-state index contributed by atoms with van der Waals surface area (Å²) in [5.74, 6) is -0.853. The first kappa shape index (κ1) is 19.3. The molecular weight excluding hydrogens is 443 g/mol. The van der Waals surface area contributed by atoms with Crippen LogP contribution in [0.5, 0.6) is 0 Å². The Morgan fingerprint density at radius 2 is 1.96 bits per heavy atom. The summed E-state index contributed by atoms with van der Waals surface area (Å²) in [4.78, 5) is 21.4. The number of fused-ring (bicyclic) bond motifs is 1. The average molecular weight is 463 g/mol. The lowest BCUT2D eigenvalue weighted by Crippen LogP contribution is -2.48. The second kappa shape index (κ2) is 8.55. The minimum Gasteiger partial charge on any atom is -0.351 e. The molecule has 1 aliphatic heterocycles. The first-order chi connectivity index (χ1) is 13.6. The number of amides is 1. The first-order valence-corrected chi connectivity index (χ1v) is 10.8. The molecule has 1 aliphatic rings. The number of carbonyl (C=O) groups excluding carboxylic acids is 1. The largest absolute Gasteiger partial charge is 0.351 e. The summed E-state index contributed by atoms with van der Waals surface area (Å²) < 4.78 is 15.9. The van der Waals surface area contributed by atoms with Gasteiger partial charge in [0, 0.05) is 43.7 Å². The van der Waals surface area contributed by atoms with E-state index in [0.717, 1.165) is 47.8 Å². The van der Waals surface area contributed by atoms with Gasteiger partial charge in [-0.1, -0.05) is 39.4 Å². The highest BCUT2D eigenvalue weighted by Gasteiger charge is 2.20. The van der Waals surface area contributed by atoms with Gasteiger partial charge < -0.3 is 10.2 Å². The van der Waals surface area contributed by atoms with Gasteiger partial charge in [-0.05, 0) is 30.3 Å². The summed E-state index contributed by atoms with van der Waals surface area (Å²) in [5, 5.41) is 3.86. The van der Waals surface area contributed by atoms with Gasteiger partial charge >= 0.3 is 0 Å². The van der Waals surface area contributed by atoms with Gasteiger partial charge in [-0.3, -0.25) is 9.69 Å². The molecule has 4 rings (SSSR count). The van der Waals surface area contributed by atoms with E-state index in [-0.39, 0.29) is 11.5 Å². The minimum atomic E-state index is -0.489. The van der Waals surface area contributed by atoms with E-state index in [1.165, 1.54) is 16.8 Å². The third-order valence-electron chi connectivity index (χ3n) is 4.81. The molecule has 0 unspecified atom stereocenters. The summed E-state index contributed by atoms with van der Waals surface area (Å²) in [6.07, 6.45) is 0. The topological polar surface area (TPSA) is 48.5 Å². The molecule has 2 aromatic carbocycles. The van der Waals surface area contributed by atoms with Crippen molar-refractivity contribution in [3.63, 3.8) is 0 Å². The van der Waals surface area contributed by atoms with Crippen molar-refractivity contribution in [3.8, 4) is 0 Å². The van der Waals surface area contributed by atoms with E-state index >= 15 is 0 Å². The Labute approximate surface area is 175 Å². The first-order valence-electron chi connectivity index (χ1n) is 9.16. The number of carbonyl (C=O) groups is 1. The Balaban J connectivity index is 1.26. The molecule has 0 bridgehead atoms. The molecule has 1 N–H and O–H groups in total. The van der Waals surface area contributed by atoms with Crippen molar-refractivity contribution in [2.24, 2.45) is 0 Å². The maximum absolute atomic E-state index is 13.6. The highest BCUT2D eigenvalue weighted by atomic mass is 79.9. The van der Waals surface area contributed by atoms with E-state index in [1.807, 2.05) is 12.1 Å². The molecule has 8 heteroatoms. The minimum absolute atomic E-state index is 0.0924. The molecule has 5 nitrogen and oxygen atoms in total. The van der Waals surface area contributed by atoms with Crippen LogP contribution in [-0.2, 0) is 0 Å². The van der Waals surface area contributed by atoms with E-state index in [0.29, 0.717) is 6.54 Å². The predicted molar refractivity (Wildman–Crippen MR) is 115 cm³/mol. The lowest BCUT2D eigenvalue weighted by molar-refractivity contribution is 0.0944. The fourth-order valence-corrected chi connectivity index (χ4v) is 4.82. The smallest absolute Gasteiger partial charge is 0.254 e. The van der Waals surface area contributed by atoms with Crippen LogP contribution in [0.15, 0.2) is 46.9 Å². The normalized spacial score (nSPS) is 15.1. The van der Waals surface area contributed by atoms with E-state index < -0.39 is 5.82 Å². The van der Waals surface area contributed by atoms with Crippen LogP contribution in [0.3, 0.4) is 0 Å². The Hall–Kier alpha value is -2.03.